The number of fused-ring (bicyclic) bond motifs is 4. The third-order valence-corrected chi connectivity index (χ3v) is 9.19. The van der Waals surface area contributed by atoms with E-state index in [0.29, 0.717) is 50.3 Å². The summed E-state index contributed by atoms with van der Waals surface area (Å²) in [4.78, 5) is 31.8. The fourth-order valence-electron chi connectivity index (χ4n) is 6.64. The standard InChI is InChI=1S/C29H34ClN3O3/c1-3-4-23-22-9-16-32(25(34)17-28-10-13-29(14-11-28,15-12-28)27(35)36)19-24(22)33(26(23)31-2)18-20-5-7-21(30)8-6-20/h3-8H,2,9-19H2,1H3,(H,35,36)/b4-3-. The largest absolute Gasteiger partial charge is 0.481 e. The Morgan fingerprint density at radius 3 is 2.39 bits per heavy atom. The van der Waals surface area contributed by atoms with Gasteiger partial charge in [-0.15, -0.1) is 0 Å². The molecule has 0 radical (unpaired) electrons. The highest BCUT2D eigenvalue weighted by Gasteiger charge is 2.53. The van der Waals surface area contributed by atoms with Gasteiger partial charge in [0, 0.05) is 35.8 Å². The lowest BCUT2D eigenvalue weighted by Gasteiger charge is -2.51. The molecule has 190 valence electrons. The molecule has 36 heavy (non-hydrogen) atoms. The number of carboxylic acid groups (broad SMARTS) is 1. The van der Waals surface area contributed by atoms with Crippen LogP contribution in [-0.2, 0) is 29.1 Å². The highest BCUT2D eigenvalue weighted by molar-refractivity contribution is 6.30. The van der Waals surface area contributed by atoms with E-state index in [9.17, 15) is 14.7 Å². The number of aliphatic imine (C=N–C) groups is 1. The van der Waals surface area contributed by atoms with Crippen LogP contribution in [0.4, 0.5) is 5.82 Å². The summed E-state index contributed by atoms with van der Waals surface area (Å²) in [5, 5.41) is 10.4. The molecule has 2 bridgehead atoms. The van der Waals surface area contributed by atoms with E-state index in [2.05, 4.69) is 22.4 Å². The Balaban J connectivity index is 1.39. The van der Waals surface area contributed by atoms with Gasteiger partial charge in [0.1, 0.15) is 5.82 Å². The van der Waals surface area contributed by atoms with Crippen LogP contribution < -0.4 is 0 Å². The highest BCUT2D eigenvalue weighted by Crippen LogP contribution is 2.58. The number of aromatic nitrogens is 1. The van der Waals surface area contributed by atoms with Crippen LogP contribution in [0.15, 0.2) is 35.3 Å². The Hall–Kier alpha value is -2.86. The van der Waals surface area contributed by atoms with Gasteiger partial charge in [-0.1, -0.05) is 35.9 Å². The average Bonchev–Trinajstić information content (AvgIpc) is 3.18. The van der Waals surface area contributed by atoms with E-state index in [1.54, 1.807) is 0 Å². The zero-order valence-corrected chi connectivity index (χ0v) is 21.7. The Bertz CT molecular complexity index is 1200. The van der Waals surface area contributed by atoms with E-state index in [0.717, 1.165) is 48.3 Å². The van der Waals surface area contributed by atoms with E-state index in [4.69, 9.17) is 11.6 Å². The first-order valence-electron chi connectivity index (χ1n) is 12.9. The molecule has 0 spiro atoms. The number of nitrogens with zero attached hydrogens (tertiary/aromatic N) is 3. The number of halogens is 1. The summed E-state index contributed by atoms with van der Waals surface area (Å²) in [5.74, 6) is 0.367. The third kappa shape index (κ3) is 4.30. The van der Waals surface area contributed by atoms with Crippen molar-refractivity contribution in [2.75, 3.05) is 6.54 Å². The maximum atomic E-state index is 13.6. The first-order valence-corrected chi connectivity index (χ1v) is 13.3. The number of hydrogen-bond acceptors (Lipinski definition) is 3. The molecule has 3 saturated carbocycles. The summed E-state index contributed by atoms with van der Waals surface area (Å²) in [6.07, 6.45) is 10.0. The molecule has 7 heteroatoms. The normalized spacial score (nSPS) is 25.2. The Morgan fingerprint density at radius 2 is 1.81 bits per heavy atom. The summed E-state index contributed by atoms with van der Waals surface area (Å²) in [6.45, 7) is 7.73. The molecule has 6 rings (SSSR count). The van der Waals surface area contributed by atoms with Crippen molar-refractivity contribution < 1.29 is 14.7 Å². The van der Waals surface area contributed by atoms with Crippen molar-refractivity contribution >= 4 is 42.1 Å². The predicted octanol–water partition coefficient (Wildman–Crippen LogP) is 6.26. The maximum absolute atomic E-state index is 13.6. The summed E-state index contributed by atoms with van der Waals surface area (Å²) in [6, 6.07) is 7.82. The van der Waals surface area contributed by atoms with Crippen molar-refractivity contribution in [2.24, 2.45) is 15.8 Å². The number of carboxylic acids is 1. The van der Waals surface area contributed by atoms with Gasteiger partial charge < -0.3 is 14.6 Å². The molecule has 1 N–H and O–H groups in total. The van der Waals surface area contributed by atoms with Crippen LogP contribution in [0.1, 0.15) is 74.3 Å². The van der Waals surface area contributed by atoms with Crippen LogP contribution in [0.25, 0.3) is 6.08 Å². The van der Waals surface area contributed by atoms with Gasteiger partial charge in [0.15, 0.2) is 0 Å². The number of carbonyl (C=O) groups excluding carboxylic acids is 1. The van der Waals surface area contributed by atoms with E-state index < -0.39 is 11.4 Å². The van der Waals surface area contributed by atoms with Crippen molar-refractivity contribution in [1.82, 2.24) is 9.47 Å². The molecule has 2 aromatic rings. The van der Waals surface area contributed by atoms with Gasteiger partial charge in [-0.2, -0.15) is 0 Å². The highest BCUT2D eigenvalue weighted by atomic mass is 35.5. The second kappa shape index (κ2) is 9.55. The summed E-state index contributed by atoms with van der Waals surface area (Å²) >= 11 is 6.10. The third-order valence-electron chi connectivity index (χ3n) is 8.94. The monoisotopic (exact) mass is 507 g/mol. The van der Waals surface area contributed by atoms with E-state index >= 15 is 0 Å². The topological polar surface area (TPSA) is 74.9 Å². The molecule has 6 nitrogen and oxygen atoms in total. The molecule has 1 amide bonds. The molecule has 4 aliphatic rings. The van der Waals surface area contributed by atoms with Crippen LogP contribution in [-0.4, -0.2) is 39.7 Å². The SMILES string of the molecule is C=Nc1c(/C=C\C)c2c(n1Cc1ccc(Cl)cc1)CN(C(=O)CC13CCC(C(=O)O)(CC1)CC3)CC2. The van der Waals surface area contributed by atoms with E-state index in [1.165, 1.54) is 5.56 Å². The van der Waals surface area contributed by atoms with Gasteiger partial charge in [-0.05, 0) is 87.3 Å². The molecular formula is C29H34ClN3O3. The van der Waals surface area contributed by atoms with Crippen LogP contribution in [0.5, 0.6) is 0 Å². The second-order valence-corrected chi connectivity index (χ2v) is 11.3. The number of amides is 1. The number of hydrogen-bond donors (Lipinski definition) is 1. The van der Waals surface area contributed by atoms with Gasteiger partial charge in [0.2, 0.25) is 5.91 Å². The van der Waals surface area contributed by atoms with Gasteiger partial charge >= 0.3 is 5.97 Å². The van der Waals surface area contributed by atoms with Crippen molar-refractivity contribution in [3.63, 3.8) is 0 Å². The van der Waals surface area contributed by atoms with Crippen molar-refractivity contribution in [3.05, 3.63) is 57.7 Å². The first kappa shape index (κ1) is 24.8. The fourth-order valence-corrected chi connectivity index (χ4v) is 6.77. The van der Waals surface area contributed by atoms with Gasteiger partial charge in [0.25, 0.3) is 0 Å². The number of rotatable bonds is 7. The number of benzene rings is 1. The van der Waals surface area contributed by atoms with E-state index in [-0.39, 0.29) is 11.3 Å². The first-order chi connectivity index (χ1) is 17.3. The van der Waals surface area contributed by atoms with Crippen molar-refractivity contribution in [2.45, 2.75) is 71.4 Å². The fraction of sp³-hybridized carbons (Fsp3) is 0.483. The van der Waals surface area contributed by atoms with Crippen LogP contribution in [0, 0.1) is 10.8 Å². The lowest BCUT2D eigenvalue weighted by atomic mass is 9.53. The lowest BCUT2D eigenvalue weighted by molar-refractivity contribution is -0.160. The number of aliphatic carboxylic acids is 1. The minimum Gasteiger partial charge on any atom is -0.481 e. The molecule has 1 aliphatic heterocycles. The Kier molecular flexibility index (Phi) is 6.58. The minimum absolute atomic E-state index is 0.0379. The maximum Gasteiger partial charge on any atom is 0.309 e. The molecule has 3 aliphatic carbocycles. The smallest absolute Gasteiger partial charge is 0.309 e. The van der Waals surface area contributed by atoms with E-state index in [1.807, 2.05) is 42.2 Å². The summed E-state index contributed by atoms with van der Waals surface area (Å²) in [7, 11) is 0. The molecule has 0 saturated heterocycles. The van der Waals surface area contributed by atoms with Gasteiger partial charge in [-0.3, -0.25) is 9.59 Å². The number of carbonyl (C=O) groups is 2. The molecule has 2 heterocycles. The molecule has 0 atom stereocenters. The summed E-state index contributed by atoms with van der Waals surface area (Å²) in [5.41, 5.74) is 3.98. The van der Waals surface area contributed by atoms with Gasteiger partial charge in [0.05, 0.1) is 12.0 Å². The Labute approximate surface area is 217 Å². The molecule has 0 unspecified atom stereocenters. The molecule has 3 fully saturated rings. The summed E-state index contributed by atoms with van der Waals surface area (Å²) < 4.78 is 2.20. The van der Waals surface area contributed by atoms with Crippen LogP contribution in [0.2, 0.25) is 5.02 Å². The van der Waals surface area contributed by atoms with Crippen molar-refractivity contribution in [3.8, 4) is 0 Å². The second-order valence-electron chi connectivity index (χ2n) is 10.9. The zero-order chi connectivity index (χ0) is 25.5. The predicted molar refractivity (Wildman–Crippen MR) is 143 cm³/mol. The molecule has 1 aromatic heterocycles. The molecular weight excluding hydrogens is 474 g/mol. The Morgan fingerprint density at radius 1 is 1.14 bits per heavy atom. The minimum atomic E-state index is -0.657. The number of allylic oxidation sites excluding steroid dienone is 1. The molecule has 1 aromatic carbocycles. The quantitative estimate of drug-likeness (QED) is 0.450. The van der Waals surface area contributed by atoms with Crippen LogP contribution >= 0.6 is 11.6 Å². The average molecular weight is 508 g/mol. The zero-order valence-electron chi connectivity index (χ0n) is 20.9. The lowest BCUT2D eigenvalue weighted by Crippen LogP contribution is -2.48. The van der Waals surface area contributed by atoms with Gasteiger partial charge in [-0.25, -0.2) is 4.99 Å². The van der Waals surface area contributed by atoms with Crippen LogP contribution in [0.3, 0.4) is 0 Å². The van der Waals surface area contributed by atoms with Crippen molar-refractivity contribution in [1.29, 1.82) is 0 Å².